The van der Waals surface area contributed by atoms with Crippen LogP contribution in [-0.2, 0) is 4.79 Å². The zero-order valence-electron chi connectivity index (χ0n) is 10.7. The van der Waals surface area contributed by atoms with Crippen molar-refractivity contribution in [3.8, 4) is 0 Å². The predicted molar refractivity (Wildman–Crippen MR) is 69.2 cm³/mol. The van der Waals surface area contributed by atoms with Gasteiger partial charge >= 0.3 is 5.97 Å². The summed E-state index contributed by atoms with van der Waals surface area (Å²) in [4.78, 5) is 17.1. The van der Waals surface area contributed by atoms with Gasteiger partial charge in [-0.25, -0.2) is 0 Å². The molecule has 1 aromatic heterocycles. The van der Waals surface area contributed by atoms with Crippen LogP contribution in [0.25, 0.3) is 0 Å². The van der Waals surface area contributed by atoms with Crippen LogP contribution in [-0.4, -0.2) is 34.0 Å². The largest absolute Gasteiger partial charge is 0.481 e. The maximum atomic E-state index is 10.6. The molecule has 1 aliphatic heterocycles. The molecule has 1 fully saturated rings. The number of nitrogens with zero attached hydrogens (tertiary/aromatic N) is 2. The van der Waals surface area contributed by atoms with Crippen molar-refractivity contribution < 1.29 is 9.90 Å². The van der Waals surface area contributed by atoms with Crippen LogP contribution in [0.2, 0.25) is 0 Å². The van der Waals surface area contributed by atoms with Crippen molar-refractivity contribution in [2.45, 2.75) is 32.2 Å². The number of carbonyl (C=O) groups is 1. The van der Waals surface area contributed by atoms with Gasteiger partial charge in [0.05, 0.1) is 0 Å². The van der Waals surface area contributed by atoms with Crippen LogP contribution in [0, 0.1) is 5.92 Å². The Morgan fingerprint density at radius 1 is 1.67 bits per heavy atom. The number of aromatic nitrogens is 1. The van der Waals surface area contributed by atoms with Gasteiger partial charge in [-0.2, -0.15) is 0 Å². The maximum Gasteiger partial charge on any atom is 0.303 e. The lowest BCUT2D eigenvalue weighted by molar-refractivity contribution is -0.137. The molecule has 2 heterocycles. The smallest absolute Gasteiger partial charge is 0.303 e. The van der Waals surface area contributed by atoms with Crippen LogP contribution in [0.3, 0.4) is 0 Å². The monoisotopic (exact) mass is 248 g/mol. The summed E-state index contributed by atoms with van der Waals surface area (Å²) in [6, 6.07) is 4.43. The summed E-state index contributed by atoms with van der Waals surface area (Å²) >= 11 is 0. The van der Waals surface area contributed by atoms with Gasteiger partial charge in [0.15, 0.2) is 0 Å². The molecule has 0 saturated carbocycles. The lowest BCUT2D eigenvalue weighted by Gasteiger charge is -2.24. The standard InChI is InChI=1S/C14H20N2O2/c1-11(13-3-2-7-15-9-13)16-8-6-12(10-16)4-5-14(17)18/h2-3,7,9,11-12H,4-6,8,10H2,1H3,(H,17,18). The van der Waals surface area contributed by atoms with Crippen LogP contribution < -0.4 is 0 Å². The quantitative estimate of drug-likeness (QED) is 0.869. The van der Waals surface area contributed by atoms with E-state index in [0.717, 1.165) is 25.9 Å². The Morgan fingerprint density at radius 3 is 3.17 bits per heavy atom. The highest BCUT2D eigenvalue weighted by Gasteiger charge is 2.26. The first-order valence-electron chi connectivity index (χ1n) is 6.52. The van der Waals surface area contributed by atoms with Gasteiger partial charge in [-0.3, -0.25) is 14.7 Å². The lowest BCUT2D eigenvalue weighted by atomic mass is 10.0. The van der Waals surface area contributed by atoms with Crippen molar-refractivity contribution in [3.05, 3.63) is 30.1 Å². The molecule has 4 nitrogen and oxygen atoms in total. The Bertz CT molecular complexity index is 394. The van der Waals surface area contributed by atoms with E-state index < -0.39 is 5.97 Å². The van der Waals surface area contributed by atoms with Crippen molar-refractivity contribution in [1.29, 1.82) is 0 Å². The third kappa shape index (κ3) is 3.29. The Labute approximate surface area is 108 Å². The molecule has 98 valence electrons. The number of hydrogen-bond acceptors (Lipinski definition) is 3. The topological polar surface area (TPSA) is 53.4 Å². The minimum absolute atomic E-state index is 0.291. The predicted octanol–water partition coefficient (Wildman–Crippen LogP) is 2.33. The number of carboxylic acid groups (broad SMARTS) is 1. The van der Waals surface area contributed by atoms with Gasteiger partial charge in [0.2, 0.25) is 0 Å². The summed E-state index contributed by atoms with van der Waals surface area (Å²) in [5, 5.41) is 8.71. The molecule has 0 aliphatic carbocycles. The highest BCUT2D eigenvalue weighted by atomic mass is 16.4. The van der Waals surface area contributed by atoms with E-state index in [1.165, 1.54) is 5.56 Å². The molecule has 0 spiro atoms. The summed E-state index contributed by atoms with van der Waals surface area (Å²) < 4.78 is 0. The molecule has 1 N–H and O–H groups in total. The molecule has 2 atom stereocenters. The van der Waals surface area contributed by atoms with Crippen molar-refractivity contribution >= 4 is 5.97 Å². The Kier molecular flexibility index (Phi) is 4.31. The van der Waals surface area contributed by atoms with Crippen LogP contribution in [0.4, 0.5) is 0 Å². The van der Waals surface area contributed by atoms with Crippen LogP contribution in [0.15, 0.2) is 24.5 Å². The number of pyridine rings is 1. The third-order valence-corrected chi connectivity index (χ3v) is 3.80. The Balaban J connectivity index is 1.87. The van der Waals surface area contributed by atoms with Crippen molar-refractivity contribution in [2.75, 3.05) is 13.1 Å². The van der Waals surface area contributed by atoms with Gasteiger partial charge < -0.3 is 5.11 Å². The molecule has 1 aromatic rings. The van der Waals surface area contributed by atoms with Crippen molar-refractivity contribution in [2.24, 2.45) is 5.92 Å². The molecular weight excluding hydrogens is 228 g/mol. The average Bonchev–Trinajstić information content (AvgIpc) is 2.85. The minimum atomic E-state index is -0.686. The first kappa shape index (κ1) is 13.0. The molecule has 0 radical (unpaired) electrons. The van der Waals surface area contributed by atoms with Gasteiger partial charge in [0, 0.05) is 31.4 Å². The van der Waals surface area contributed by atoms with Gasteiger partial charge in [-0.1, -0.05) is 6.07 Å². The van der Waals surface area contributed by atoms with E-state index in [0.29, 0.717) is 18.4 Å². The molecule has 1 aliphatic rings. The molecule has 1 saturated heterocycles. The van der Waals surface area contributed by atoms with E-state index in [4.69, 9.17) is 5.11 Å². The number of hydrogen-bond donors (Lipinski definition) is 1. The van der Waals surface area contributed by atoms with Gasteiger partial charge in [-0.15, -0.1) is 0 Å². The number of rotatable bonds is 5. The second-order valence-corrected chi connectivity index (χ2v) is 5.04. The summed E-state index contributed by atoms with van der Waals surface area (Å²) in [6.07, 6.45) is 5.90. The van der Waals surface area contributed by atoms with E-state index in [2.05, 4.69) is 22.9 Å². The van der Waals surface area contributed by atoms with Crippen LogP contribution >= 0.6 is 0 Å². The third-order valence-electron chi connectivity index (χ3n) is 3.80. The summed E-state index contributed by atoms with van der Waals surface area (Å²) in [5.74, 6) is -0.158. The van der Waals surface area contributed by atoms with Crippen molar-refractivity contribution in [1.82, 2.24) is 9.88 Å². The first-order valence-corrected chi connectivity index (χ1v) is 6.52. The Hall–Kier alpha value is -1.42. The average molecular weight is 248 g/mol. The first-order chi connectivity index (χ1) is 8.66. The SMILES string of the molecule is CC(c1cccnc1)N1CCC(CCC(=O)O)C1. The molecular formula is C14H20N2O2. The van der Waals surface area contributed by atoms with Crippen LogP contribution in [0.5, 0.6) is 0 Å². The van der Waals surface area contributed by atoms with E-state index in [9.17, 15) is 4.79 Å². The number of aliphatic carboxylic acids is 1. The highest BCUT2D eigenvalue weighted by Crippen LogP contribution is 2.28. The molecule has 0 amide bonds. The maximum absolute atomic E-state index is 10.6. The summed E-state index contributed by atoms with van der Waals surface area (Å²) in [7, 11) is 0. The zero-order chi connectivity index (χ0) is 13.0. The fourth-order valence-electron chi connectivity index (χ4n) is 2.61. The summed E-state index contributed by atoms with van der Waals surface area (Å²) in [6.45, 7) is 4.25. The van der Waals surface area contributed by atoms with E-state index in [1.807, 2.05) is 12.3 Å². The number of likely N-dealkylation sites (tertiary alicyclic amines) is 1. The second kappa shape index (κ2) is 5.96. The van der Waals surface area contributed by atoms with E-state index in [1.54, 1.807) is 6.20 Å². The molecule has 2 unspecified atom stereocenters. The normalized spacial score (nSPS) is 21.9. The lowest BCUT2D eigenvalue weighted by Crippen LogP contribution is -2.24. The van der Waals surface area contributed by atoms with Crippen LogP contribution in [0.1, 0.15) is 37.8 Å². The minimum Gasteiger partial charge on any atom is -0.481 e. The summed E-state index contributed by atoms with van der Waals surface area (Å²) in [5.41, 5.74) is 1.23. The molecule has 18 heavy (non-hydrogen) atoms. The molecule has 0 bridgehead atoms. The molecule has 2 rings (SSSR count). The van der Waals surface area contributed by atoms with E-state index >= 15 is 0 Å². The van der Waals surface area contributed by atoms with Gasteiger partial charge in [0.1, 0.15) is 0 Å². The fourth-order valence-corrected chi connectivity index (χ4v) is 2.61. The zero-order valence-corrected chi connectivity index (χ0v) is 10.7. The molecule has 4 heteroatoms. The number of carboxylic acids is 1. The fraction of sp³-hybridized carbons (Fsp3) is 0.571. The molecule has 0 aromatic carbocycles. The van der Waals surface area contributed by atoms with E-state index in [-0.39, 0.29) is 0 Å². The van der Waals surface area contributed by atoms with Gasteiger partial charge in [-0.05, 0) is 43.9 Å². The Morgan fingerprint density at radius 2 is 2.50 bits per heavy atom. The van der Waals surface area contributed by atoms with Gasteiger partial charge in [0.25, 0.3) is 0 Å². The highest BCUT2D eigenvalue weighted by molar-refractivity contribution is 5.66. The second-order valence-electron chi connectivity index (χ2n) is 5.04. The van der Waals surface area contributed by atoms with Crippen molar-refractivity contribution in [3.63, 3.8) is 0 Å².